The van der Waals surface area contributed by atoms with Gasteiger partial charge < -0.3 is 15.4 Å². The fourth-order valence-corrected chi connectivity index (χ4v) is 1.70. The van der Waals surface area contributed by atoms with E-state index < -0.39 is 6.04 Å². The second-order valence-electron chi connectivity index (χ2n) is 5.47. The zero-order valence-corrected chi connectivity index (χ0v) is 13.1. The van der Waals surface area contributed by atoms with Crippen molar-refractivity contribution in [3.8, 4) is 5.75 Å². The Balaban J connectivity index is 2.55. The van der Waals surface area contributed by atoms with Crippen molar-refractivity contribution in [2.45, 2.75) is 40.2 Å². The molecule has 1 unspecified atom stereocenters. The van der Waals surface area contributed by atoms with E-state index in [2.05, 4.69) is 24.5 Å². The van der Waals surface area contributed by atoms with Crippen molar-refractivity contribution in [2.24, 2.45) is 5.92 Å². The summed E-state index contributed by atoms with van der Waals surface area (Å²) < 4.78 is 5.64. The van der Waals surface area contributed by atoms with E-state index in [0.717, 1.165) is 12.2 Å². The van der Waals surface area contributed by atoms with E-state index in [1.54, 1.807) is 19.1 Å². The van der Waals surface area contributed by atoms with Gasteiger partial charge in [0.25, 0.3) is 0 Å². The summed E-state index contributed by atoms with van der Waals surface area (Å²) in [5.74, 6) is 0.819. The summed E-state index contributed by atoms with van der Waals surface area (Å²) >= 11 is 0. The highest BCUT2D eigenvalue weighted by Gasteiger charge is 2.13. The summed E-state index contributed by atoms with van der Waals surface area (Å²) in [6.45, 7) is 7.96. The molecule has 2 N–H and O–H groups in total. The first-order valence-corrected chi connectivity index (χ1v) is 7.19. The van der Waals surface area contributed by atoms with Crippen LogP contribution in [0.15, 0.2) is 24.3 Å². The molecule has 1 rings (SSSR count). The molecule has 1 atom stereocenters. The molecule has 5 heteroatoms. The van der Waals surface area contributed by atoms with Gasteiger partial charge in [-0.05, 0) is 31.4 Å². The molecule has 0 aliphatic carbocycles. The summed E-state index contributed by atoms with van der Waals surface area (Å²) in [6.07, 6.45) is 0.982. The van der Waals surface area contributed by atoms with Gasteiger partial charge in [0.05, 0.1) is 6.61 Å². The van der Waals surface area contributed by atoms with Gasteiger partial charge in [-0.1, -0.05) is 19.9 Å². The Labute approximate surface area is 126 Å². The Bertz CT molecular complexity index is 486. The van der Waals surface area contributed by atoms with Crippen molar-refractivity contribution in [3.05, 3.63) is 24.3 Å². The topological polar surface area (TPSA) is 67.4 Å². The van der Waals surface area contributed by atoms with E-state index >= 15 is 0 Å². The predicted molar refractivity (Wildman–Crippen MR) is 83.3 cm³/mol. The minimum absolute atomic E-state index is 0.233. The van der Waals surface area contributed by atoms with Crippen molar-refractivity contribution < 1.29 is 14.3 Å². The number of hydrogen-bond acceptors (Lipinski definition) is 3. The van der Waals surface area contributed by atoms with Crippen molar-refractivity contribution in [2.75, 3.05) is 11.9 Å². The Morgan fingerprint density at radius 3 is 2.57 bits per heavy atom. The average Bonchev–Trinajstić information content (AvgIpc) is 2.37. The summed E-state index contributed by atoms with van der Waals surface area (Å²) in [7, 11) is 0. The molecule has 0 saturated carbocycles. The maximum Gasteiger partial charge on any atom is 0.246 e. The molecule has 2 amide bonds. The molecular formula is C16H24N2O3. The van der Waals surface area contributed by atoms with Crippen LogP contribution in [0.4, 0.5) is 5.69 Å². The van der Waals surface area contributed by atoms with E-state index in [0.29, 0.717) is 18.2 Å². The number of nitrogens with one attached hydrogen (secondary N) is 2. The van der Waals surface area contributed by atoms with Gasteiger partial charge in [0, 0.05) is 18.7 Å². The van der Waals surface area contributed by atoms with Crippen molar-refractivity contribution in [3.63, 3.8) is 0 Å². The lowest BCUT2D eigenvalue weighted by Crippen LogP contribution is -2.40. The first kappa shape index (κ1) is 17.0. The molecule has 0 saturated heterocycles. The zero-order chi connectivity index (χ0) is 15.8. The van der Waals surface area contributed by atoms with Crippen LogP contribution in [0.3, 0.4) is 0 Å². The van der Waals surface area contributed by atoms with E-state index in [1.807, 2.05) is 12.1 Å². The molecular weight excluding hydrogens is 268 g/mol. The second kappa shape index (κ2) is 8.29. The maximum atomic E-state index is 11.9. The van der Waals surface area contributed by atoms with Crippen LogP contribution in [-0.4, -0.2) is 24.5 Å². The van der Waals surface area contributed by atoms with Gasteiger partial charge in [0.15, 0.2) is 0 Å². The smallest absolute Gasteiger partial charge is 0.246 e. The average molecular weight is 292 g/mol. The normalized spacial score (nSPS) is 11.9. The van der Waals surface area contributed by atoms with E-state index in [1.165, 1.54) is 6.92 Å². The van der Waals surface area contributed by atoms with Crippen LogP contribution in [0.5, 0.6) is 5.75 Å². The lowest BCUT2D eigenvalue weighted by molar-refractivity contribution is -0.124. The number of amides is 2. The molecule has 0 bridgehead atoms. The highest BCUT2D eigenvalue weighted by Crippen LogP contribution is 2.18. The Kier molecular flexibility index (Phi) is 6.72. The summed E-state index contributed by atoms with van der Waals surface area (Å²) in [4.78, 5) is 22.8. The minimum atomic E-state index is -0.576. The maximum absolute atomic E-state index is 11.9. The first-order valence-electron chi connectivity index (χ1n) is 7.19. The quantitative estimate of drug-likeness (QED) is 0.811. The van der Waals surface area contributed by atoms with Crippen LogP contribution in [0.1, 0.15) is 34.1 Å². The Hall–Kier alpha value is -2.04. The number of ether oxygens (including phenoxy) is 1. The van der Waals surface area contributed by atoms with Gasteiger partial charge in [-0.2, -0.15) is 0 Å². The fraction of sp³-hybridized carbons (Fsp3) is 0.500. The zero-order valence-electron chi connectivity index (χ0n) is 13.1. The number of rotatable bonds is 7. The molecule has 116 valence electrons. The summed E-state index contributed by atoms with van der Waals surface area (Å²) in [5.41, 5.74) is 0.652. The summed E-state index contributed by atoms with van der Waals surface area (Å²) in [5, 5.41) is 5.29. The molecule has 0 heterocycles. The largest absolute Gasteiger partial charge is 0.494 e. The van der Waals surface area contributed by atoms with Gasteiger partial charge >= 0.3 is 0 Å². The number of anilines is 1. The van der Waals surface area contributed by atoms with Crippen molar-refractivity contribution in [1.82, 2.24) is 5.32 Å². The van der Waals surface area contributed by atoms with Crippen molar-refractivity contribution in [1.29, 1.82) is 0 Å². The Morgan fingerprint density at radius 2 is 1.95 bits per heavy atom. The minimum Gasteiger partial charge on any atom is -0.494 e. The van der Waals surface area contributed by atoms with Crippen LogP contribution < -0.4 is 15.4 Å². The lowest BCUT2D eigenvalue weighted by atomic mass is 10.1. The van der Waals surface area contributed by atoms with Crippen LogP contribution >= 0.6 is 0 Å². The third-order valence-corrected chi connectivity index (χ3v) is 2.88. The Morgan fingerprint density at radius 1 is 1.24 bits per heavy atom. The molecule has 1 aromatic rings. The molecule has 5 nitrogen and oxygen atoms in total. The van der Waals surface area contributed by atoms with Gasteiger partial charge in [-0.3, -0.25) is 9.59 Å². The molecule has 0 aromatic heterocycles. The van der Waals surface area contributed by atoms with Crippen LogP contribution in [0.25, 0.3) is 0 Å². The lowest BCUT2D eigenvalue weighted by Gasteiger charge is -2.14. The number of carbonyl (C=O) groups excluding carboxylic acids is 2. The molecule has 0 aliphatic rings. The molecule has 0 aliphatic heterocycles. The monoisotopic (exact) mass is 292 g/mol. The highest BCUT2D eigenvalue weighted by atomic mass is 16.5. The van der Waals surface area contributed by atoms with E-state index in [4.69, 9.17) is 4.74 Å². The first-order chi connectivity index (χ1) is 9.88. The van der Waals surface area contributed by atoms with Crippen LogP contribution in [0.2, 0.25) is 0 Å². The van der Waals surface area contributed by atoms with Crippen LogP contribution in [0, 0.1) is 5.92 Å². The second-order valence-corrected chi connectivity index (χ2v) is 5.47. The predicted octanol–water partition coefficient (Wildman–Crippen LogP) is 2.57. The van der Waals surface area contributed by atoms with Gasteiger partial charge in [0.1, 0.15) is 11.8 Å². The van der Waals surface area contributed by atoms with E-state index in [9.17, 15) is 9.59 Å². The molecule has 0 spiro atoms. The third-order valence-electron chi connectivity index (χ3n) is 2.88. The van der Waals surface area contributed by atoms with Gasteiger partial charge in [-0.25, -0.2) is 0 Å². The highest BCUT2D eigenvalue weighted by molar-refractivity contribution is 5.96. The van der Waals surface area contributed by atoms with Gasteiger partial charge in [-0.15, -0.1) is 0 Å². The van der Waals surface area contributed by atoms with E-state index in [-0.39, 0.29) is 11.8 Å². The number of hydrogen-bond donors (Lipinski definition) is 2. The van der Waals surface area contributed by atoms with Crippen molar-refractivity contribution >= 4 is 17.5 Å². The van der Waals surface area contributed by atoms with Gasteiger partial charge in [0.2, 0.25) is 11.8 Å². The number of benzene rings is 1. The standard InChI is InChI=1S/C16H24N2O3/c1-11(2)8-9-21-15-7-5-6-14(10-15)18-16(20)12(3)17-13(4)19/h5-7,10-12H,8-9H2,1-4H3,(H,17,19)(H,18,20). The molecule has 0 radical (unpaired) electrons. The summed E-state index contributed by atoms with van der Waals surface area (Å²) in [6, 6.07) is 6.66. The number of carbonyl (C=O) groups is 2. The van der Waals surface area contributed by atoms with Crippen LogP contribution in [-0.2, 0) is 9.59 Å². The fourth-order valence-electron chi connectivity index (χ4n) is 1.70. The molecule has 21 heavy (non-hydrogen) atoms. The molecule has 1 aromatic carbocycles. The SMILES string of the molecule is CC(=O)NC(C)C(=O)Nc1cccc(OCCC(C)C)c1. The molecule has 0 fully saturated rings. The third kappa shape index (κ3) is 6.79.